The van der Waals surface area contributed by atoms with Gasteiger partial charge in [0.25, 0.3) is 5.91 Å². The van der Waals surface area contributed by atoms with Gasteiger partial charge in [0.2, 0.25) is 0 Å². The Balaban J connectivity index is 1.40. The van der Waals surface area contributed by atoms with E-state index in [1.165, 1.54) is 23.6 Å². The van der Waals surface area contributed by atoms with Gasteiger partial charge in [-0.2, -0.15) is 28.5 Å². The Morgan fingerprint density at radius 2 is 1.89 bits per heavy atom. The lowest BCUT2D eigenvalue weighted by Crippen LogP contribution is -2.15. The molecule has 0 saturated heterocycles. The van der Waals surface area contributed by atoms with Crippen molar-refractivity contribution < 1.29 is 18.0 Å². The smallest absolute Gasteiger partial charge is 0.318 e. The lowest BCUT2D eigenvalue weighted by Gasteiger charge is -2.10. The van der Waals surface area contributed by atoms with Crippen LogP contribution in [0.4, 0.5) is 18.9 Å². The molecule has 5 heterocycles. The summed E-state index contributed by atoms with van der Waals surface area (Å²) >= 11 is 1.38. The average molecular weight is 515 g/mol. The minimum atomic E-state index is -4.69. The molecule has 1 amide bonds. The van der Waals surface area contributed by atoms with Gasteiger partial charge in [-0.1, -0.05) is 6.92 Å². The molecule has 13 heteroatoms. The molecule has 0 atom stereocenters. The van der Waals surface area contributed by atoms with Crippen molar-refractivity contribution in [1.29, 1.82) is 0 Å². The molecule has 0 radical (unpaired) electrons. The second kappa shape index (κ2) is 9.22. The lowest BCUT2D eigenvalue weighted by molar-refractivity contribution is -0.142. The Bertz CT molecular complexity index is 1540. The molecule has 1 N–H and O–H groups in total. The second-order valence-electron chi connectivity index (χ2n) is 8.03. The van der Waals surface area contributed by atoms with Crippen LogP contribution in [0.2, 0.25) is 0 Å². The largest absolute Gasteiger partial charge is 0.433 e. The van der Waals surface area contributed by atoms with Crippen molar-refractivity contribution in [3.8, 4) is 10.6 Å². The van der Waals surface area contributed by atoms with Gasteiger partial charge in [-0.05, 0) is 31.5 Å². The van der Waals surface area contributed by atoms with Gasteiger partial charge in [0.05, 0.1) is 35.2 Å². The molecule has 0 aliphatic carbocycles. The molecular weight excluding hydrogens is 493 g/mol. The standard InChI is InChI=1S/C23H21F3N8OS/c1-3-16-5-6-19(36-16)17-7-20(23(24,25)26)34-21(30-17)8-18(31-34)22(35)29-15-10-28-33(13-15)12-14-9-27-32(4-2)11-14/h5-11,13H,3-4,12H2,1-2H3,(H,29,35). The maximum Gasteiger partial charge on any atom is 0.433 e. The fourth-order valence-electron chi connectivity index (χ4n) is 3.68. The van der Waals surface area contributed by atoms with Crippen molar-refractivity contribution in [1.82, 2.24) is 34.2 Å². The summed E-state index contributed by atoms with van der Waals surface area (Å²) in [6.45, 7) is 5.16. The molecule has 5 rings (SSSR count). The van der Waals surface area contributed by atoms with Gasteiger partial charge in [0.1, 0.15) is 0 Å². The number of aryl methyl sites for hydroxylation is 2. The van der Waals surface area contributed by atoms with Crippen molar-refractivity contribution in [2.45, 2.75) is 39.5 Å². The minimum Gasteiger partial charge on any atom is -0.318 e. The lowest BCUT2D eigenvalue weighted by atomic mass is 10.2. The third kappa shape index (κ3) is 4.73. The van der Waals surface area contributed by atoms with E-state index in [0.29, 0.717) is 21.6 Å². The molecule has 5 aromatic heterocycles. The predicted octanol–water partition coefficient (Wildman–Crippen LogP) is 4.75. The van der Waals surface area contributed by atoms with E-state index in [2.05, 4.69) is 25.6 Å². The number of aromatic nitrogens is 7. The number of thiophene rings is 1. The van der Waals surface area contributed by atoms with Gasteiger partial charge >= 0.3 is 6.18 Å². The molecular formula is C23H21F3N8OS. The van der Waals surface area contributed by atoms with E-state index in [1.807, 2.05) is 26.1 Å². The molecule has 0 aliphatic rings. The first-order valence-electron chi connectivity index (χ1n) is 11.2. The number of fused-ring (bicyclic) bond motifs is 1. The average Bonchev–Trinajstić information content (AvgIpc) is 3.63. The number of hydrogen-bond donors (Lipinski definition) is 1. The molecule has 0 aliphatic heterocycles. The van der Waals surface area contributed by atoms with Crippen LogP contribution in [0.5, 0.6) is 0 Å². The Morgan fingerprint density at radius 3 is 2.58 bits per heavy atom. The molecule has 0 spiro atoms. The van der Waals surface area contributed by atoms with Crippen molar-refractivity contribution in [2.75, 3.05) is 5.32 Å². The van der Waals surface area contributed by atoms with Gasteiger partial charge < -0.3 is 5.32 Å². The number of nitrogens with zero attached hydrogens (tertiary/aromatic N) is 7. The van der Waals surface area contributed by atoms with Gasteiger partial charge in [-0.3, -0.25) is 14.2 Å². The Hall–Kier alpha value is -4.00. The summed E-state index contributed by atoms with van der Waals surface area (Å²) in [5, 5.41) is 15.0. The normalized spacial score (nSPS) is 11.9. The highest BCUT2D eigenvalue weighted by molar-refractivity contribution is 7.15. The van der Waals surface area contributed by atoms with Crippen LogP contribution >= 0.6 is 11.3 Å². The molecule has 0 bridgehead atoms. The fraction of sp³-hybridized carbons (Fsp3) is 0.261. The molecule has 0 unspecified atom stereocenters. The molecule has 5 aromatic rings. The molecule has 0 fully saturated rings. The third-order valence-corrected chi connectivity index (χ3v) is 6.71. The van der Waals surface area contributed by atoms with Gasteiger partial charge in [0, 0.05) is 35.4 Å². The van der Waals surface area contributed by atoms with E-state index in [9.17, 15) is 18.0 Å². The zero-order chi connectivity index (χ0) is 25.4. The molecule has 186 valence electrons. The van der Waals surface area contributed by atoms with Gasteiger partial charge in [0.15, 0.2) is 17.0 Å². The Labute approximate surface area is 207 Å². The van der Waals surface area contributed by atoms with Crippen LogP contribution in [0, 0.1) is 0 Å². The van der Waals surface area contributed by atoms with Crippen LogP contribution in [0.15, 0.2) is 49.1 Å². The quantitative estimate of drug-likeness (QED) is 0.338. The Morgan fingerprint density at radius 1 is 1.08 bits per heavy atom. The summed E-state index contributed by atoms with van der Waals surface area (Å²) in [6.07, 6.45) is 2.80. The third-order valence-electron chi connectivity index (χ3n) is 5.46. The monoisotopic (exact) mass is 514 g/mol. The number of nitrogens with one attached hydrogen (secondary N) is 1. The Kier molecular flexibility index (Phi) is 6.08. The zero-order valence-electron chi connectivity index (χ0n) is 19.3. The summed E-state index contributed by atoms with van der Waals surface area (Å²) in [7, 11) is 0. The first-order valence-corrected chi connectivity index (χ1v) is 12.0. The highest BCUT2D eigenvalue weighted by atomic mass is 32.1. The molecule has 0 aromatic carbocycles. The number of amides is 1. The van der Waals surface area contributed by atoms with Crippen molar-refractivity contribution in [3.63, 3.8) is 0 Å². The number of alkyl halides is 3. The summed E-state index contributed by atoms with van der Waals surface area (Å²) in [5.41, 5.74) is 0.238. The topological polar surface area (TPSA) is 94.9 Å². The highest BCUT2D eigenvalue weighted by Gasteiger charge is 2.36. The summed E-state index contributed by atoms with van der Waals surface area (Å²) in [4.78, 5) is 18.8. The van der Waals surface area contributed by atoms with Crippen LogP contribution in [-0.4, -0.2) is 40.1 Å². The minimum absolute atomic E-state index is 0.0694. The second-order valence-corrected chi connectivity index (χ2v) is 9.20. The summed E-state index contributed by atoms with van der Waals surface area (Å²) in [6, 6.07) is 5.81. The SMILES string of the molecule is CCc1ccc(-c2cc(C(F)(F)F)n3nc(C(=O)Nc4cnn(Cc5cnn(CC)c5)c4)cc3n2)s1. The number of halogens is 3. The first-order chi connectivity index (χ1) is 17.2. The van der Waals surface area contributed by atoms with Gasteiger partial charge in [-0.25, -0.2) is 9.50 Å². The van der Waals surface area contributed by atoms with E-state index in [0.717, 1.165) is 29.5 Å². The highest BCUT2D eigenvalue weighted by Crippen LogP contribution is 2.34. The van der Waals surface area contributed by atoms with E-state index in [1.54, 1.807) is 27.8 Å². The van der Waals surface area contributed by atoms with E-state index in [-0.39, 0.29) is 17.0 Å². The van der Waals surface area contributed by atoms with E-state index in [4.69, 9.17) is 0 Å². The molecule has 36 heavy (non-hydrogen) atoms. The molecule has 0 saturated carbocycles. The number of hydrogen-bond acceptors (Lipinski definition) is 6. The summed E-state index contributed by atoms with van der Waals surface area (Å²) < 4.78 is 45.6. The first kappa shape index (κ1) is 23.7. The predicted molar refractivity (Wildman–Crippen MR) is 128 cm³/mol. The maximum absolute atomic E-state index is 13.8. The van der Waals surface area contributed by atoms with Crippen LogP contribution in [0.25, 0.3) is 16.2 Å². The number of rotatable bonds is 7. The fourth-order valence-corrected chi connectivity index (χ4v) is 4.59. The van der Waals surface area contributed by atoms with Crippen LogP contribution in [0.3, 0.4) is 0 Å². The van der Waals surface area contributed by atoms with Crippen molar-refractivity contribution in [2.24, 2.45) is 0 Å². The zero-order valence-corrected chi connectivity index (χ0v) is 20.1. The van der Waals surface area contributed by atoms with Crippen molar-refractivity contribution in [3.05, 3.63) is 70.9 Å². The van der Waals surface area contributed by atoms with E-state index < -0.39 is 17.8 Å². The summed E-state index contributed by atoms with van der Waals surface area (Å²) in [5.74, 6) is -0.669. The maximum atomic E-state index is 13.8. The number of anilines is 1. The van der Waals surface area contributed by atoms with Gasteiger partial charge in [-0.15, -0.1) is 11.3 Å². The number of carbonyl (C=O) groups is 1. The molecule has 9 nitrogen and oxygen atoms in total. The van der Waals surface area contributed by atoms with Crippen LogP contribution in [-0.2, 0) is 25.7 Å². The van der Waals surface area contributed by atoms with Crippen LogP contribution < -0.4 is 5.32 Å². The van der Waals surface area contributed by atoms with Crippen LogP contribution in [0.1, 0.15) is 40.5 Å². The van der Waals surface area contributed by atoms with E-state index >= 15 is 0 Å². The van der Waals surface area contributed by atoms with Crippen molar-refractivity contribution >= 4 is 28.6 Å². The number of carbonyl (C=O) groups excluding carboxylic acids is 1.